The van der Waals surface area contributed by atoms with Crippen LogP contribution in [0.2, 0.25) is 0 Å². The molecule has 5 heteroatoms. The van der Waals surface area contributed by atoms with Crippen molar-refractivity contribution < 1.29 is 19.4 Å². The van der Waals surface area contributed by atoms with Crippen LogP contribution in [0.15, 0.2) is 22.7 Å². The molecular formula is C14H16BrFO3. The van der Waals surface area contributed by atoms with Crippen LogP contribution < -0.4 is 0 Å². The molecule has 1 fully saturated rings. The number of halogens is 2. The normalized spacial score (nSPS) is 27.2. The average Bonchev–Trinajstić information content (AvgIpc) is 2.31. The molecule has 2 rings (SSSR count). The SMILES string of the molecule is O=C(O)C1(Cc2cc(F)cc(Br)c2)CCC(O)CC1. The van der Waals surface area contributed by atoms with Crippen LogP contribution >= 0.6 is 15.9 Å². The maximum atomic E-state index is 13.4. The maximum Gasteiger partial charge on any atom is 0.309 e. The van der Waals surface area contributed by atoms with Gasteiger partial charge in [-0.1, -0.05) is 15.9 Å². The lowest BCUT2D eigenvalue weighted by molar-refractivity contribution is -0.152. The lowest BCUT2D eigenvalue weighted by Gasteiger charge is -2.35. The van der Waals surface area contributed by atoms with Crippen LogP contribution in [-0.2, 0) is 11.2 Å². The fraction of sp³-hybridized carbons (Fsp3) is 0.500. The van der Waals surface area contributed by atoms with E-state index in [-0.39, 0.29) is 5.82 Å². The minimum atomic E-state index is -0.882. The van der Waals surface area contributed by atoms with Gasteiger partial charge < -0.3 is 10.2 Å². The molecule has 1 aliphatic rings. The molecule has 0 spiro atoms. The van der Waals surface area contributed by atoms with Crippen molar-refractivity contribution in [2.75, 3.05) is 0 Å². The minimum absolute atomic E-state index is 0.297. The zero-order valence-corrected chi connectivity index (χ0v) is 12.0. The molecule has 0 aliphatic heterocycles. The van der Waals surface area contributed by atoms with Gasteiger partial charge in [0.15, 0.2) is 0 Å². The van der Waals surface area contributed by atoms with Crippen LogP contribution in [0.4, 0.5) is 4.39 Å². The molecule has 1 saturated carbocycles. The lowest BCUT2D eigenvalue weighted by atomic mass is 9.69. The predicted octanol–water partition coefficient (Wildman–Crippen LogP) is 3.14. The fourth-order valence-corrected chi connectivity index (χ4v) is 3.24. The molecule has 1 aliphatic carbocycles. The van der Waals surface area contributed by atoms with E-state index < -0.39 is 17.5 Å². The van der Waals surface area contributed by atoms with Crippen LogP contribution in [0, 0.1) is 11.2 Å². The van der Waals surface area contributed by atoms with E-state index in [1.807, 2.05) is 0 Å². The Labute approximate surface area is 119 Å². The monoisotopic (exact) mass is 330 g/mol. The number of aliphatic hydroxyl groups excluding tert-OH is 1. The van der Waals surface area contributed by atoms with Gasteiger partial charge >= 0.3 is 5.97 Å². The topological polar surface area (TPSA) is 57.5 Å². The molecular weight excluding hydrogens is 315 g/mol. The number of hydrogen-bond acceptors (Lipinski definition) is 2. The first-order valence-corrected chi connectivity index (χ1v) is 7.07. The van der Waals surface area contributed by atoms with Crippen molar-refractivity contribution in [3.8, 4) is 0 Å². The largest absolute Gasteiger partial charge is 0.481 e. The van der Waals surface area contributed by atoms with E-state index in [9.17, 15) is 19.4 Å². The van der Waals surface area contributed by atoms with Gasteiger partial charge in [-0.05, 0) is 55.9 Å². The molecule has 1 aromatic carbocycles. The smallest absolute Gasteiger partial charge is 0.309 e. The van der Waals surface area contributed by atoms with Gasteiger partial charge in [0.25, 0.3) is 0 Å². The summed E-state index contributed by atoms with van der Waals surface area (Å²) in [4.78, 5) is 11.6. The van der Waals surface area contributed by atoms with Crippen molar-refractivity contribution in [2.45, 2.75) is 38.2 Å². The van der Waals surface area contributed by atoms with Crippen LogP contribution in [0.3, 0.4) is 0 Å². The molecule has 0 radical (unpaired) electrons. The Morgan fingerprint density at radius 3 is 2.53 bits per heavy atom. The van der Waals surface area contributed by atoms with E-state index in [0.29, 0.717) is 42.1 Å². The van der Waals surface area contributed by atoms with Gasteiger partial charge in [0.05, 0.1) is 11.5 Å². The number of carbonyl (C=O) groups is 1. The Kier molecular flexibility index (Phi) is 4.26. The molecule has 104 valence electrons. The standard InChI is InChI=1S/C14H16BrFO3/c15-10-5-9(6-11(16)7-10)8-14(13(18)19)3-1-12(17)2-4-14/h5-7,12,17H,1-4,8H2,(H,18,19). The van der Waals surface area contributed by atoms with Gasteiger partial charge in [0.1, 0.15) is 5.82 Å². The fourth-order valence-electron chi connectivity index (χ4n) is 2.73. The van der Waals surface area contributed by atoms with Crippen LogP contribution in [0.5, 0.6) is 0 Å². The van der Waals surface area contributed by atoms with Crippen molar-refractivity contribution in [1.29, 1.82) is 0 Å². The van der Waals surface area contributed by atoms with Crippen molar-refractivity contribution in [3.63, 3.8) is 0 Å². The average molecular weight is 331 g/mol. The summed E-state index contributed by atoms with van der Waals surface area (Å²) in [6, 6.07) is 4.47. The Bertz CT molecular complexity index is 461. The molecule has 2 N–H and O–H groups in total. The lowest BCUT2D eigenvalue weighted by Crippen LogP contribution is -2.38. The van der Waals surface area contributed by atoms with Crippen LogP contribution in [-0.4, -0.2) is 22.3 Å². The van der Waals surface area contributed by atoms with E-state index in [1.165, 1.54) is 12.1 Å². The number of aliphatic hydroxyl groups is 1. The third-order valence-electron chi connectivity index (χ3n) is 3.83. The summed E-state index contributed by atoms with van der Waals surface area (Å²) >= 11 is 3.21. The number of aliphatic carboxylic acids is 1. The zero-order chi connectivity index (χ0) is 14.0. The quantitative estimate of drug-likeness (QED) is 0.895. The molecule has 0 bridgehead atoms. The number of benzene rings is 1. The molecule has 0 aromatic heterocycles. The Morgan fingerprint density at radius 2 is 2.00 bits per heavy atom. The highest BCUT2D eigenvalue weighted by Gasteiger charge is 2.41. The molecule has 0 saturated heterocycles. The molecule has 3 nitrogen and oxygen atoms in total. The zero-order valence-electron chi connectivity index (χ0n) is 10.4. The summed E-state index contributed by atoms with van der Waals surface area (Å²) < 4.78 is 14.0. The molecule has 19 heavy (non-hydrogen) atoms. The van der Waals surface area contributed by atoms with Gasteiger partial charge in [-0.3, -0.25) is 4.79 Å². The first-order valence-electron chi connectivity index (χ1n) is 6.28. The Morgan fingerprint density at radius 1 is 1.37 bits per heavy atom. The summed E-state index contributed by atoms with van der Waals surface area (Å²) in [5.74, 6) is -1.24. The van der Waals surface area contributed by atoms with E-state index in [2.05, 4.69) is 15.9 Å². The van der Waals surface area contributed by atoms with Gasteiger partial charge in [0.2, 0.25) is 0 Å². The maximum absolute atomic E-state index is 13.4. The second-order valence-electron chi connectivity index (χ2n) is 5.27. The second-order valence-corrected chi connectivity index (χ2v) is 6.19. The number of carboxylic acids is 1. The molecule has 0 amide bonds. The summed E-state index contributed by atoms with van der Waals surface area (Å²) in [5, 5.41) is 19.0. The van der Waals surface area contributed by atoms with Crippen molar-refractivity contribution >= 4 is 21.9 Å². The number of hydrogen-bond donors (Lipinski definition) is 2. The van der Waals surface area contributed by atoms with Gasteiger partial charge in [-0.25, -0.2) is 4.39 Å². The molecule has 1 aromatic rings. The molecule has 0 heterocycles. The summed E-state index contributed by atoms with van der Waals surface area (Å²) in [6.07, 6.45) is 1.72. The third kappa shape index (κ3) is 3.34. The minimum Gasteiger partial charge on any atom is -0.481 e. The van der Waals surface area contributed by atoms with Gasteiger partial charge in [-0.15, -0.1) is 0 Å². The number of carboxylic acid groups (broad SMARTS) is 1. The second kappa shape index (κ2) is 5.59. The summed E-state index contributed by atoms with van der Waals surface area (Å²) in [7, 11) is 0. The van der Waals surface area contributed by atoms with E-state index in [4.69, 9.17) is 0 Å². The van der Waals surface area contributed by atoms with Gasteiger partial charge in [0, 0.05) is 4.47 Å². The highest BCUT2D eigenvalue weighted by molar-refractivity contribution is 9.10. The number of rotatable bonds is 3. The van der Waals surface area contributed by atoms with Crippen LogP contribution in [0.25, 0.3) is 0 Å². The predicted molar refractivity (Wildman–Crippen MR) is 72.3 cm³/mol. The van der Waals surface area contributed by atoms with E-state index in [0.717, 1.165) is 0 Å². The Balaban J connectivity index is 2.24. The summed E-state index contributed by atoms with van der Waals surface area (Å²) in [5.41, 5.74) is -0.211. The highest BCUT2D eigenvalue weighted by Crippen LogP contribution is 2.40. The highest BCUT2D eigenvalue weighted by atomic mass is 79.9. The van der Waals surface area contributed by atoms with Crippen molar-refractivity contribution in [3.05, 3.63) is 34.1 Å². The molecule has 0 atom stereocenters. The first kappa shape index (κ1) is 14.5. The molecule has 0 unspecified atom stereocenters. The summed E-state index contributed by atoms with van der Waals surface area (Å²) in [6.45, 7) is 0. The van der Waals surface area contributed by atoms with Crippen molar-refractivity contribution in [1.82, 2.24) is 0 Å². The van der Waals surface area contributed by atoms with Gasteiger partial charge in [-0.2, -0.15) is 0 Å². The van der Waals surface area contributed by atoms with E-state index in [1.54, 1.807) is 6.07 Å². The van der Waals surface area contributed by atoms with E-state index >= 15 is 0 Å². The van der Waals surface area contributed by atoms with Crippen LogP contribution in [0.1, 0.15) is 31.2 Å². The van der Waals surface area contributed by atoms with Crippen molar-refractivity contribution in [2.24, 2.45) is 5.41 Å². The third-order valence-corrected chi connectivity index (χ3v) is 4.29. The first-order chi connectivity index (χ1) is 8.91. The Hall–Kier alpha value is -0.940.